The van der Waals surface area contributed by atoms with Crippen LogP contribution in [0.2, 0.25) is 0 Å². The Morgan fingerprint density at radius 1 is 0.971 bits per heavy atom. The zero-order valence-electron chi connectivity index (χ0n) is 21.1. The van der Waals surface area contributed by atoms with Gasteiger partial charge in [0.15, 0.2) is 0 Å². The molecule has 0 bridgehead atoms. The van der Waals surface area contributed by atoms with Crippen LogP contribution in [0, 0.1) is 11.3 Å². The molecule has 1 unspecified atom stereocenters. The van der Waals surface area contributed by atoms with Crippen molar-refractivity contribution in [2.45, 2.75) is 87.7 Å². The summed E-state index contributed by atoms with van der Waals surface area (Å²) in [7, 11) is -3.57. The van der Waals surface area contributed by atoms with E-state index in [4.69, 9.17) is 9.47 Å². The van der Waals surface area contributed by atoms with Gasteiger partial charge in [-0.25, -0.2) is 18.1 Å². The Morgan fingerprint density at radius 3 is 2.31 bits per heavy atom. The van der Waals surface area contributed by atoms with Crippen LogP contribution in [0.5, 0.6) is 0 Å². The molecular weight excluding hydrogens is 464 g/mol. The van der Waals surface area contributed by atoms with E-state index in [-0.39, 0.29) is 10.9 Å². The molecule has 4 fully saturated rings. The maximum absolute atomic E-state index is 13.0. The van der Waals surface area contributed by atoms with Crippen molar-refractivity contribution in [3.63, 3.8) is 0 Å². The number of piperidine rings is 1. The highest BCUT2D eigenvalue weighted by atomic mass is 32.2. The van der Waals surface area contributed by atoms with Gasteiger partial charge >= 0.3 is 0 Å². The van der Waals surface area contributed by atoms with Crippen molar-refractivity contribution in [1.29, 1.82) is 0 Å². The van der Waals surface area contributed by atoms with Gasteiger partial charge in [0.05, 0.1) is 6.61 Å². The van der Waals surface area contributed by atoms with Crippen molar-refractivity contribution in [3.05, 3.63) is 18.3 Å². The maximum Gasteiger partial charge on any atom is 0.242 e. The maximum atomic E-state index is 13.0. The van der Waals surface area contributed by atoms with Gasteiger partial charge in [-0.1, -0.05) is 0 Å². The van der Waals surface area contributed by atoms with Crippen molar-refractivity contribution in [3.8, 4) is 0 Å². The minimum Gasteiger partial charge on any atom is -0.381 e. The average Bonchev–Trinajstić information content (AvgIpc) is 3.34. The smallest absolute Gasteiger partial charge is 0.242 e. The molecule has 4 aliphatic rings. The van der Waals surface area contributed by atoms with E-state index in [2.05, 4.69) is 26.8 Å². The summed E-state index contributed by atoms with van der Waals surface area (Å²) in [6.07, 6.45) is 10.9. The lowest BCUT2D eigenvalue weighted by Crippen LogP contribution is -2.47. The minimum absolute atomic E-state index is 0.0111. The summed E-state index contributed by atoms with van der Waals surface area (Å²) in [5, 5.41) is 3.80. The van der Waals surface area contributed by atoms with Gasteiger partial charge in [-0.15, -0.1) is 0 Å². The number of ether oxygens (including phenoxy) is 2. The molecule has 4 heterocycles. The predicted octanol–water partition coefficient (Wildman–Crippen LogP) is 3.08. The first kappa shape index (κ1) is 25.4. The van der Waals surface area contributed by atoms with Crippen LogP contribution in [0.3, 0.4) is 0 Å². The Morgan fingerprint density at radius 2 is 1.69 bits per heavy atom. The number of hydrogen-bond acceptors (Lipinski definition) is 7. The molecule has 1 aliphatic carbocycles. The number of nitrogens with one attached hydrogen (secondary N) is 2. The molecule has 3 aliphatic heterocycles. The van der Waals surface area contributed by atoms with Crippen molar-refractivity contribution >= 4 is 15.8 Å². The van der Waals surface area contributed by atoms with Crippen LogP contribution in [-0.2, 0) is 19.5 Å². The highest BCUT2D eigenvalue weighted by Crippen LogP contribution is 2.39. The van der Waals surface area contributed by atoms with E-state index >= 15 is 0 Å². The van der Waals surface area contributed by atoms with Gasteiger partial charge in [0.2, 0.25) is 10.0 Å². The third-order valence-electron chi connectivity index (χ3n) is 8.88. The van der Waals surface area contributed by atoms with E-state index in [0.717, 1.165) is 103 Å². The first-order valence-corrected chi connectivity index (χ1v) is 15.1. The van der Waals surface area contributed by atoms with E-state index in [0.29, 0.717) is 23.4 Å². The lowest BCUT2D eigenvalue weighted by Gasteiger charge is -2.38. The summed E-state index contributed by atoms with van der Waals surface area (Å²) in [6, 6.07) is 4.50. The quantitative estimate of drug-likeness (QED) is 0.587. The van der Waals surface area contributed by atoms with Gasteiger partial charge < -0.3 is 19.7 Å². The molecule has 1 aromatic rings. The molecule has 1 aromatic heterocycles. The summed E-state index contributed by atoms with van der Waals surface area (Å²) in [5.74, 6) is 1.54. The van der Waals surface area contributed by atoms with Crippen LogP contribution in [0.15, 0.2) is 23.2 Å². The zero-order chi connectivity index (χ0) is 24.3. The third kappa shape index (κ3) is 6.18. The summed E-state index contributed by atoms with van der Waals surface area (Å²) in [5.41, 5.74) is 0.348. The van der Waals surface area contributed by atoms with Crippen LogP contribution in [0.1, 0.15) is 64.7 Å². The first-order chi connectivity index (χ1) is 16.9. The molecule has 3 saturated heterocycles. The molecule has 8 nitrogen and oxygen atoms in total. The molecule has 0 radical (unpaired) electrons. The standard InChI is InChI=1S/C26H42N4O4S/c1-20(21-8-15-33-16-9-21)28-22-2-4-23(5-3-22)29-35(31,32)24-6-7-25(27-18-24)30-13-10-26(11-14-30)12-17-34-19-26/h6-7,18,20-23,28-29H,2-5,8-17,19H2,1H3. The molecule has 196 valence electrons. The van der Waals surface area contributed by atoms with Crippen molar-refractivity contribution in [2.75, 3.05) is 44.4 Å². The second-order valence-electron chi connectivity index (χ2n) is 11.2. The number of sulfonamides is 1. The second kappa shape index (κ2) is 11.0. The number of nitrogens with zero attached hydrogens (tertiary/aromatic N) is 2. The van der Waals surface area contributed by atoms with Gasteiger partial charge in [-0.2, -0.15) is 0 Å². The fourth-order valence-corrected chi connectivity index (χ4v) is 7.61. The fourth-order valence-electron chi connectivity index (χ4n) is 6.36. The lowest BCUT2D eigenvalue weighted by molar-refractivity contribution is 0.0534. The Bertz CT molecular complexity index is 911. The zero-order valence-corrected chi connectivity index (χ0v) is 21.9. The Hall–Kier alpha value is -1.26. The molecule has 35 heavy (non-hydrogen) atoms. The summed E-state index contributed by atoms with van der Waals surface area (Å²) >= 11 is 0. The Balaban J connectivity index is 1.09. The van der Waals surface area contributed by atoms with E-state index in [1.807, 2.05) is 6.07 Å². The topological polar surface area (TPSA) is 92.8 Å². The van der Waals surface area contributed by atoms with Crippen LogP contribution < -0.4 is 14.9 Å². The van der Waals surface area contributed by atoms with Crippen LogP contribution >= 0.6 is 0 Å². The van der Waals surface area contributed by atoms with Gasteiger partial charge in [-0.05, 0) is 88.2 Å². The van der Waals surface area contributed by atoms with Gasteiger partial charge in [0.25, 0.3) is 0 Å². The number of hydrogen-bond donors (Lipinski definition) is 2. The van der Waals surface area contributed by atoms with Gasteiger partial charge in [0.1, 0.15) is 10.7 Å². The highest BCUT2D eigenvalue weighted by Gasteiger charge is 2.38. The number of pyridine rings is 1. The van der Waals surface area contributed by atoms with E-state index in [1.54, 1.807) is 6.07 Å². The highest BCUT2D eigenvalue weighted by molar-refractivity contribution is 7.89. The molecule has 1 saturated carbocycles. The number of rotatable bonds is 7. The summed E-state index contributed by atoms with van der Waals surface area (Å²) in [6.45, 7) is 7.68. The number of anilines is 1. The van der Waals surface area contributed by atoms with Gasteiger partial charge in [-0.3, -0.25) is 0 Å². The minimum atomic E-state index is -3.57. The van der Waals surface area contributed by atoms with Gasteiger partial charge in [0, 0.05) is 57.2 Å². The predicted molar refractivity (Wildman–Crippen MR) is 136 cm³/mol. The molecule has 1 spiro atoms. The SMILES string of the molecule is CC(NC1CCC(NS(=O)(=O)c2ccc(N3CCC4(CCOC4)CC3)nc2)CC1)C1CCOCC1. The molecule has 9 heteroatoms. The second-order valence-corrected chi connectivity index (χ2v) is 12.9. The van der Waals surface area contributed by atoms with Crippen LogP contribution in [-0.4, -0.2) is 71.0 Å². The van der Waals surface area contributed by atoms with Crippen molar-refractivity contribution in [2.24, 2.45) is 11.3 Å². The summed E-state index contributed by atoms with van der Waals surface area (Å²) in [4.78, 5) is 7.05. The normalized spacial score (nSPS) is 28.9. The summed E-state index contributed by atoms with van der Waals surface area (Å²) < 4.78 is 40.1. The largest absolute Gasteiger partial charge is 0.381 e. The first-order valence-electron chi connectivity index (χ1n) is 13.6. The van der Waals surface area contributed by atoms with E-state index in [9.17, 15) is 8.42 Å². The lowest BCUT2D eigenvalue weighted by atomic mass is 9.78. The van der Waals surface area contributed by atoms with E-state index in [1.165, 1.54) is 6.20 Å². The molecule has 1 atom stereocenters. The van der Waals surface area contributed by atoms with Crippen LogP contribution in [0.4, 0.5) is 5.82 Å². The molecule has 2 N–H and O–H groups in total. The monoisotopic (exact) mass is 506 g/mol. The number of aromatic nitrogens is 1. The molecule has 0 aromatic carbocycles. The Kier molecular flexibility index (Phi) is 7.99. The molecular formula is C26H42N4O4S. The van der Waals surface area contributed by atoms with Crippen molar-refractivity contribution in [1.82, 2.24) is 15.0 Å². The van der Waals surface area contributed by atoms with Crippen LogP contribution in [0.25, 0.3) is 0 Å². The average molecular weight is 507 g/mol. The third-order valence-corrected chi connectivity index (χ3v) is 10.4. The molecule has 0 amide bonds. The fraction of sp³-hybridized carbons (Fsp3) is 0.808. The van der Waals surface area contributed by atoms with Crippen molar-refractivity contribution < 1.29 is 17.9 Å². The molecule has 5 rings (SSSR count). The Labute approximate surface area is 210 Å². The van der Waals surface area contributed by atoms with E-state index < -0.39 is 10.0 Å².